The molecule has 3 rings (SSSR count). The Labute approximate surface area is 88.0 Å². The predicted octanol–water partition coefficient (Wildman–Crippen LogP) is -0.909. The molecule has 3 N–H and O–H groups in total. The Bertz CT molecular complexity index is 327. The van der Waals surface area contributed by atoms with Gasteiger partial charge in [0.25, 0.3) is 0 Å². The quantitative estimate of drug-likeness (QED) is 0.516. The van der Waals surface area contributed by atoms with E-state index in [9.17, 15) is 9.59 Å². The van der Waals surface area contributed by atoms with Crippen molar-refractivity contribution in [3.8, 4) is 0 Å². The number of nitrogens with one attached hydrogen (secondary N) is 3. The third-order valence-corrected chi connectivity index (χ3v) is 3.94. The molecule has 2 aliphatic heterocycles. The minimum absolute atomic E-state index is 0.0397. The Hall–Kier alpha value is -1.10. The zero-order valence-electron chi connectivity index (χ0n) is 8.51. The molecule has 3 fully saturated rings. The first kappa shape index (κ1) is 9.15. The summed E-state index contributed by atoms with van der Waals surface area (Å²) in [4.78, 5) is 22.3. The Morgan fingerprint density at radius 3 is 2.87 bits per heavy atom. The zero-order valence-corrected chi connectivity index (χ0v) is 8.51. The Kier molecular flexibility index (Phi) is 1.66. The van der Waals surface area contributed by atoms with Gasteiger partial charge in [-0.25, -0.2) is 0 Å². The molecule has 2 atom stereocenters. The summed E-state index contributed by atoms with van der Waals surface area (Å²) in [5.41, 5.74) is -0.147. The molecule has 0 aromatic heterocycles. The van der Waals surface area contributed by atoms with Crippen LogP contribution >= 0.6 is 0 Å². The second-order valence-electron chi connectivity index (χ2n) is 5.11. The number of rotatable bonds is 2. The summed E-state index contributed by atoms with van der Waals surface area (Å²) >= 11 is 0. The molecular weight excluding hydrogens is 194 g/mol. The standard InChI is InChI=1S/C10H15N3O2/c14-6-12-7-3-9(5-11-7)4-10(1-2-10)13-8(9)15/h6-7,11H,1-5H2,(H,12,14)(H,13,15)/t7-,9-/m1/s1. The highest BCUT2D eigenvalue weighted by molar-refractivity contribution is 5.87. The van der Waals surface area contributed by atoms with Gasteiger partial charge in [0, 0.05) is 12.1 Å². The Morgan fingerprint density at radius 2 is 2.27 bits per heavy atom. The highest BCUT2D eigenvalue weighted by Crippen LogP contribution is 2.52. The molecule has 0 radical (unpaired) electrons. The lowest BCUT2D eigenvalue weighted by atomic mass is 9.83. The van der Waals surface area contributed by atoms with E-state index in [1.807, 2.05) is 0 Å². The minimum atomic E-state index is -0.267. The highest BCUT2D eigenvalue weighted by Gasteiger charge is 2.61. The molecule has 3 aliphatic rings. The van der Waals surface area contributed by atoms with Crippen molar-refractivity contribution in [1.29, 1.82) is 0 Å². The van der Waals surface area contributed by atoms with Crippen LogP contribution in [0, 0.1) is 5.41 Å². The molecule has 0 aromatic rings. The Morgan fingerprint density at radius 1 is 1.47 bits per heavy atom. The van der Waals surface area contributed by atoms with Crippen molar-refractivity contribution in [1.82, 2.24) is 16.0 Å². The summed E-state index contributed by atoms with van der Waals surface area (Å²) in [6.45, 7) is 0.687. The maximum absolute atomic E-state index is 11.9. The van der Waals surface area contributed by atoms with Gasteiger partial charge in [-0.05, 0) is 25.7 Å². The maximum atomic E-state index is 11.9. The minimum Gasteiger partial charge on any atom is -0.350 e. The molecule has 0 aromatic carbocycles. The molecule has 2 spiro atoms. The van der Waals surface area contributed by atoms with E-state index < -0.39 is 0 Å². The van der Waals surface area contributed by atoms with E-state index >= 15 is 0 Å². The van der Waals surface area contributed by atoms with Crippen molar-refractivity contribution in [3.63, 3.8) is 0 Å². The summed E-state index contributed by atoms with van der Waals surface area (Å²) in [6, 6.07) is 0. The first-order valence-electron chi connectivity index (χ1n) is 5.44. The zero-order chi connectivity index (χ0) is 10.5. The van der Waals surface area contributed by atoms with Gasteiger partial charge in [0.05, 0.1) is 11.6 Å². The number of hydrogen-bond acceptors (Lipinski definition) is 3. The molecule has 2 saturated heterocycles. The first-order chi connectivity index (χ1) is 7.18. The van der Waals surface area contributed by atoms with Gasteiger partial charge < -0.3 is 10.6 Å². The first-order valence-corrected chi connectivity index (χ1v) is 5.44. The third-order valence-electron chi connectivity index (χ3n) is 3.94. The van der Waals surface area contributed by atoms with Gasteiger partial charge in [0.2, 0.25) is 12.3 Å². The molecule has 2 amide bonds. The second kappa shape index (κ2) is 2.72. The predicted molar refractivity (Wildman–Crippen MR) is 52.8 cm³/mol. The van der Waals surface area contributed by atoms with Gasteiger partial charge in [0.15, 0.2) is 0 Å². The summed E-state index contributed by atoms with van der Waals surface area (Å²) < 4.78 is 0. The molecule has 2 heterocycles. The van der Waals surface area contributed by atoms with Crippen molar-refractivity contribution < 1.29 is 9.59 Å². The van der Waals surface area contributed by atoms with E-state index in [1.54, 1.807) is 0 Å². The van der Waals surface area contributed by atoms with E-state index in [0.717, 1.165) is 25.7 Å². The van der Waals surface area contributed by atoms with Crippen LogP contribution in [-0.2, 0) is 9.59 Å². The van der Waals surface area contributed by atoms with Gasteiger partial charge in [0.1, 0.15) is 0 Å². The van der Waals surface area contributed by atoms with Crippen LogP contribution in [0.15, 0.2) is 0 Å². The van der Waals surface area contributed by atoms with Crippen molar-refractivity contribution in [2.45, 2.75) is 37.4 Å². The van der Waals surface area contributed by atoms with E-state index in [4.69, 9.17) is 0 Å². The smallest absolute Gasteiger partial charge is 0.228 e. The molecule has 5 nitrogen and oxygen atoms in total. The van der Waals surface area contributed by atoms with Gasteiger partial charge in [-0.3, -0.25) is 14.9 Å². The maximum Gasteiger partial charge on any atom is 0.228 e. The van der Waals surface area contributed by atoms with Gasteiger partial charge in [-0.1, -0.05) is 0 Å². The van der Waals surface area contributed by atoms with Gasteiger partial charge in [-0.2, -0.15) is 0 Å². The molecule has 0 unspecified atom stereocenters. The summed E-state index contributed by atoms with van der Waals surface area (Å²) in [5.74, 6) is 0.169. The van der Waals surface area contributed by atoms with Crippen LogP contribution in [-0.4, -0.2) is 30.6 Å². The lowest BCUT2D eigenvalue weighted by Crippen LogP contribution is -2.35. The van der Waals surface area contributed by atoms with E-state index in [1.165, 1.54) is 0 Å². The third kappa shape index (κ3) is 1.26. The van der Waals surface area contributed by atoms with Crippen LogP contribution in [0.25, 0.3) is 0 Å². The van der Waals surface area contributed by atoms with Crippen LogP contribution < -0.4 is 16.0 Å². The van der Waals surface area contributed by atoms with Gasteiger partial charge in [-0.15, -0.1) is 0 Å². The molecule has 1 saturated carbocycles. The average Bonchev–Trinajstić information content (AvgIpc) is 2.71. The van der Waals surface area contributed by atoms with Crippen molar-refractivity contribution in [2.24, 2.45) is 5.41 Å². The highest BCUT2D eigenvalue weighted by atomic mass is 16.2. The van der Waals surface area contributed by atoms with Crippen LogP contribution in [0.3, 0.4) is 0 Å². The van der Waals surface area contributed by atoms with Crippen molar-refractivity contribution in [2.75, 3.05) is 6.54 Å². The van der Waals surface area contributed by atoms with Crippen LogP contribution in [0.1, 0.15) is 25.7 Å². The monoisotopic (exact) mass is 209 g/mol. The summed E-state index contributed by atoms with van der Waals surface area (Å²) in [6.07, 6.45) is 4.54. The summed E-state index contributed by atoms with van der Waals surface area (Å²) in [5, 5.41) is 8.98. The molecule has 0 bridgehead atoms. The fourth-order valence-electron chi connectivity index (χ4n) is 2.96. The van der Waals surface area contributed by atoms with E-state index in [2.05, 4.69) is 16.0 Å². The lowest BCUT2D eigenvalue weighted by Gasteiger charge is -2.18. The van der Waals surface area contributed by atoms with Crippen LogP contribution in [0.2, 0.25) is 0 Å². The topological polar surface area (TPSA) is 70.2 Å². The normalized spacial score (nSPS) is 40.8. The van der Waals surface area contributed by atoms with E-state index in [0.29, 0.717) is 13.0 Å². The second-order valence-corrected chi connectivity index (χ2v) is 5.11. The fourth-order valence-corrected chi connectivity index (χ4v) is 2.96. The molecule has 82 valence electrons. The molecule has 15 heavy (non-hydrogen) atoms. The number of carbonyl (C=O) groups excluding carboxylic acids is 2. The number of hydrogen-bond donors (Lipinski definition) is 3. The molecule has 1 aliphatic carbocycles. The number of amides is 2. The SMILES string of the molecule is O=CN[C@@H]1C[C@]2(CN1)CC1(CC1)NC2=O. The van der Waals surface area contributed by atoms with Crippen LogP contribution in [0.4, 0.5) is 0 Å². The lowest BCUT2D eigenvalue weighted by molar-refractivity contribution is -0.127. The van der Waals surface area contributed by atoms with Crippen molar-refractivity contribution >= 4 is 12.3 Å². The van der Waals surface area contributed by atoms with Crippen molar-refractivity contribution in [3.05, 3.63) is 0 Å². The fraction of sp³-hybridized carbons (Fsp3) is 0.800. The Balaban J connectivity index is 1.75. The number of carbonyl (C=O) groups is 2. The summed E-state index contributed by atoms with van der Waals surface area (Å²) in [7, 11) is 0. The molecular formula is C10H15N3O2. The van der Waals surface area contributed by atoms with Gasteiger partial charge >= 0.3 is 0 Å². The largest absolute Gasteiger partial charge is 0.350 e. The average molecular weight is 209 g/mol. The molecule has 5 heteroatoms. The van der Waals surface area contributed by atoms with Crippen LogP contribution in [0.5, 0.6) is 0 Å². The van der Waals surface area contributed by atoms with E-state index in [-0.39, 0.29) is 23.0 Å².